The maximum absolute atomic E-state index is 11.7. The second kappa shape index (κ2) is 7.09. The molecule has 0 aromatic carbocycles. The molecule has 5 N–H and O–H groups in total. The smallest absolute Gasteiger partial charge is 0.328 e. The van der Waals surface area contributed by atoms with Crippen LogP contribution < -0.4 is 16.0 Å². The SMILES string of the molecule is CC(NC(=O)NC(C(=O)O)C(C)O)C(=O)NC(C)(C)C. The van der Waals surface area contributed by atoms with Crippen LogP contribution in [0, 0.1) is 0 Å². The van der Waals surface area contributed by atoms with Gasteiger partial charge >= 0.3 is 12.0 Å². The van der Waals surface area contributed by atoms with Crippen LogP contribution in [0.15, 0.2) is 0 Å². The zero-order valence-corrected chi connectivity index (χ0v) is 12.4. The van der Waals surface area contributed by atoms with Gasteiger partial charge in [0.25, 0.3) is 0 Å². The van der Waals surface area contributed by atoms with E-state index < -0.39 is 41.6 Å². The molecule has 0 rings (SSSR count). The molecule has 0 aliphatic rings. The Morgan fingerprint density at radius 3 is 1.90 bits per heavy atom. The molecule has 3 unspecified atom stereocenters. The monoisotopic (exact) mass is 289 g/mol. The third-order valence-electron chi connectivity index (χ3n) is 2.27. The zero-order valence-electron chi connectivity index (χ0n) is 12.4. The number of hydrogen-bond donors (Lipinski definition) is 5. The summed E-state index contributed by atoms with van der Waals surface area (Å²) in [6.45, 7) is 8.11. The Labute approximate surface area is 117 Å². The van der Waals surface area contributed by atoms with Gasteiger partial charge in [0.05, 0.1) is 6.10 Å². The van der Waals surface area contributed by atoms with Crippen molar-refractivity contribution in [2.45, 2.75) is 58.3 Å². The van der Waals surface area contributed by atoms with Crippen LogP contribution in [-0.2, 0) is 9.59 Å². The fourth-order valence-corrected chi connectivity index (χ4v) is 1.31. The van der Waals surface area contributed by atoms with E-state index >= 15 is 0 Å². The summed E-state index contributed by atoms with van der Waals surface area (Å²) in [6.07, 6.45) is -1.25. The van der Waals surface area contributed by atoms with Crippen molar-refractivity contribution in [3.63, 3.8) is 0 Å². The molecule has 0 radical (unpaired) electrons. The Balaban J connectivity index is 4.46. The largest absolute Gasteiger partial charge is 0.480 e. The Bertz CT molecular complexity index is 376. The molecule has 3 atom stereocenters. The molecule has 0 saturated heterocycles. The molecule has 8 nitrogen and oxygen atoms in total. The summed E-state index contributed by atoms with van der Waals surface area (Å²) in [5.41, 5.74) is -0.438. The minimum Gasteiger partial charge on any atom is -0.480 e. The third kappa shape index (κ3) is 6.93. The van der Waals surface area contributed by atoms with E-state index in [1.165, 1.54) is 13.8 Å². The summed E-state index contributed by atoms with van der Waals surface area (Å²) < 4.78 is 0. The molecule has 0 aromatic heterocycles. The molecule has 0 aliphatic heterocycles. The van der Waals surface area contributed by atoms with E-state index in [0.29, 0.717) is 0 Å². The van der Waals surface area contributed by atoms with Crippen LogP contribution >= 0.6 is 0 Å². The van der Waals surface area contributed by atoms with Crippen LogP contribution in [0.2, 0.25) is 0 Å². The van der Waals surface area contributed by atoms with Crippen molar-refractivity contribution in [3.05, 3.63) is 0 Å². The number of aliphatic hydroxyl groups excluding tert-OH is 1. The lowest BCUT2D eigenvalue weighted by Crippen LogP contribution is -2.56. The fourth-order valence-electron chi connectivity index (χ4n) is 1.31. The Morgan fingerprint density at radius 1 is 1.05 bits per heavy atom. The number of aliphatic hydroxyl groups is 1. The van der Waals surface area contributed by atoms with E-state index in [2.05, 4.69) is 16.0 Å². The maximum atomic E-state index is 11.7. The first-order chi connectivity index (χ1) is 8.94. The van der Waals surface area contributed by atoms with Gasteiger partial charge in [0, 0.05) is 5.54 Å². The number of urea groups is 1. The second-order valence-corrected chi connectivity index (χ2v) is 5.64. The van der Waals surface area contributed by atoms with Crippen LogP contribution in [0.3, 0.4) is 0 Å². The van der Waals surface area contributed by atoms with Gasteiger partial charge in [-0.1, -0.05) is 0 Å². The van der Waals surface area contributed by atoms with Gasteiger partial charge in [-0.15, -0.1) is 0 Å². The summed E-state index contributed by atoms with van der Waals surface area (Å²) in [5, 5.41) is 25.1. The number of hydrogen-bond acceptors (Lipinski definition) is 4. The molecule has 116 valence electrons. The Kier molecular flexibility index (Phi) is 6.44. The number of amides is 3. The van der Waals surface area contributed by atoms with Gasteiger partial charge in [0.1, 0.15) is 6.04 Å². The maximum Gasteiger partial charge on any atom is 0.328 e. The first-order valence-electron chi connectivity index (χ1n) is 6.24. The Morgan fingerprint density at radius 2 is 1.55 bits per heavy atom. The van der Waals surface area contributed by atoms with Crippen molar-refractivity contribution in [3.8, 4) is 0 Å². The standard InChI is InChI=1S/C12H23N3O5/c1-6(9(17)15-12(3,4)5)13-11(20)14-8(7(2)16)10(18)19/h6-8,16H,1-5H3,(H,15,17)(H,18,19)(H2,13,14,20). The topological polar surface area (TPSA) is 128 Å². The molecule has 0 aromatic rings. The molecule has 8 heteroatoms. The minimum absolute atomic E-state index is 0.392. The number of carboxylic acid groups (broad SMARTS) is 1. The van der Waals surface area contributed by atoms with Crippen molar-refractivity contribution in [1.29, 1.82) is 0 Å². The van der Waals surface area contributed by atoms with Crippen molar-refractivity contribution in [2.75, 3.05) is 0 Å². The number of rotatable bonds is 5. The first kappa shape index (κ1) is 18.2. The van der Waals surface area contributed by atoms with Gasteiger partial charge in [-0.25, -0.2) is 9.59 Å². The molecule has 0 fully saturated rings. The molecule has 0 spiro atoms. The highest BCUT2D eigenvalue weighted by molar-refractivity contribution is 5.88. The molecular formula is C12H23N3O5. The highest BCUT2D eigenvalue weighted by Gasteiger charge is 2.27. The fraction of sp³-hybridized carbons (Fsp3) is 0.750. The number of aliphatic carboxylic acids is 1. The first-order valence-corrected chi connectivity index (χ1v) is 6.24. The summed E-state index contributed by atoms with van der Waals surface area (Å²) >= 11 is 0. The lowest BCUT2D eigenvalue weighted by Gasteiger charge is -2.24. The van der Waals surface area contributed by atoms with E-state index in [9.17, 15) is 19.5 Å². The van der Waals surface area contributed by atoms with Crippen LogP contribution in [-0.4, -0.2) is 51.8 Å². The van der Waals surface area contributed by atoms with Crippen molar-refractivity contribution < 1.29 is 24.6 Å². The van der Waals surface area contributed by atoms with E-state index in [1.807, 2.05) is 0 Å². The van der Waals surface area contributed by atoms with Crippen LogP contribution in [0.5, 0.6) is 0 Å². The molecular weight excluding hydrogens is 266 g/mol. The number of carboxylic acids is 1. The molecule has 0 heterocycles. The van der Waals surface area contributed by atoms with Gasteiger partial charge in [-0.3, -0.25) is 4.79 Å². The van der Waals surface area contributed by atoms with E-state index in [4.69, 9.17) is 5.11 Å². The average molecular weight is 289 g/mol. The van der Waals surface area contributed by atoms with Gasteiger partial charge in [-0.05, 0) is 34.6 Å². The van der Waals surface area contributed by atoms with E-state index in [-0.39, 0.29) is 0 Å². The van der Waals surface area contributed by atoms with Crippen molar-refractivity contribution in [1.82, 2.24) is 16.0 Å². The van der Waals surface area contributed by atoms with Crippen LogP contribution in [0.25, 0.3) is 0 Å². The summed E-state index contributed by atoms with van der Waals surface area (Å²) in [5.74, 6) is -1.75. The van der Waals surface area contributed by atoms with Crippen molar-refractivity contribution >= 4 is 17.9 Å². The molecule has 20 heavy (non-hydrogen) atoms. The predicted octanol–water partition coefficient (Wildman–Crippen LogP) is -0.577. The molecule has 3 amide bonds. The van der Waals surface area contributed by atoms with E-state index in [1.54, 1.807) is 20.8 Å². The second-order valence-electron chi connectivity index (χ2n) is 5.64. The molecule has 0 bridgehead atoms. The quantitative estimate of drug-likeness (QED) is 0.463. The lowest BCUT2D eigenvalue weighted by molar-refractivity contribution is -0.141. The summed E-state index contributed by atoms with van der Waals surface area (Å²) in [4.78, 5) is 34.1. The summed E-state index contributed by atoms with van der Waals surface area (Å²) in [7, 11) is 0. The highest BCUT2D eigenvalue weighted by atomic mass is 16.4. The molecule has 0 saturated carbocycles. The third-order valence-corrected chi connectivity index (χ3v) is 2.27. The Hall–Kier alpha value is -1.83. The van der Waals surface area contributed by atoms with Crippen molar-refractivity contribution in [2.24, 2.45) is 0 Å². The number of carbonyl (C=O) groups is 3. The van der Waals surface area contributed by atoms with Crippen LogP contribution in [0.1, 0.15) is 34.6 Å². The zero-order chi connectivity index (χ0) is 16.1. The normalized spacial score (nSPS) is 15.7. The lowest BCUT2D eigenvalue weighted by atomic mass is 10.1. The summed E-state index contributed by atoms with van der Waals surface area (Å²) in [6, 6.07) is -3.11. The van der Waals surface area contributed by atoms with Gasteiger partial charge in [0.15, 0.2) is 6.04 Å². The van der Waals surface area contributed by atoms with Gasteiger partial charge in [-0.2, -0.15) is 0 Å². The minimum atomic E-state index is -1.44. The number of carbonyl (C=O) groups excluding carboxylic acids is 2. The average Bonchev–Trinajstić information content (AvgIpc) is 2.22. The predicted molar refractivity (Wildman–Crippen MR) is 72.1 cm³/mol. The number of nitrogens with one attached hydrogen (secondary N) is 3. The van der Waals surface area contributed by atoms with Gasteiger partial charge in [0.2, 0.25) is 5.91 Å². The van der Waals surface area contributed by atoms with Gasteiger partial charge < -0.3 is 26.2 Å². The van der Waals surface area contributed by atoms with E-state index in [0.717, 1.165) is 0 Å². The molecule has 0 aliphatic carbocycles. The van der Waals surface area contributed by atoms with Crippen LogP contribution in [0.4, 0.5) is 4.79 Å². The highest BCUT2D eigenvalue weighted by Crippen LogP contribution is 1.99.